The van der Waals surface area contributed by atoms with Gasteiger partial charge in [-0.3, -0.25) is 9.10 Å². The number of hydrogen-bond acceptors (Lipinski definition) is 3. The van der Waals surface area contributed by atoms with Gasteiger partial charge in [-0.05, 0) is 24.5 Å². The molecule has 1 amide bonds. The second-order valence-corrected chi connectivity index (χ2v) is 6.71. The van der Waals surface area contributed by atoms with Gasteiger partial charge in [-0.2, -0.15) is 0 Å². The highest BCUT2D eigenvalue weighted by Crippen LogP contribution is 2.27. The van der Waals surface area contributed by atoms with Crippen molar-refractivity contribution in [1.29, 1.82) is 0 Å². The molecule has 0 saturated carbocycles. The lowest BCUT2D eigenvalue weighted by molar-refractivity contribution is -0.119. The summed E-state index contributed by atoms with van der Waals surface area (Å²) in [6.45, 7) is 7.39. The van der Waals surface area contributed by atoms with E-state index in [0.29, 0.717) is 18.7 Å². The standard InChI is InChI=1S/C15H22N2O3S/c1-5-10-16-14(18)11-17(21(4,19)20)15-12(3)8-7-9-13(15)6-2/h5,7-9H,1,6,10-11H2,2-4H3,(H,16,18). The van der Waals surface area contributed by atoms with E-state index in [-0.39, 0.29) is 12.5 Å². The number of nitrogens with one attached hydrogen (secondary N) is 1. The first-order chi connectivity index (χ1) is 9.81. The molecule has 0 radical (unpaired) electrons. The van der Waals surface area contributed by atoms with Crippen LogP contribution in [-0.4, -0.2) is 33.7 Å². The lowest BCUT2D eigenvalue weighted by atomic mass is 10.1. The summed E-state index contributed by atoms with van der Waals surface area (Å²) in [5.41, 5.74) is 2.32. The van der Waals surface area contributed by atoms with Crippen LogP contribution in [0, 0.1) is 6.92 Å². The van der Waals surface area contributed by atoms with Crippen LogP contribution < -0.4 is 9.62 Å². The van der Waals surface area contributed by atoms with Crippen LogP contribution in [0.5, 0.6) is 0 Å². The Labute approximate surface area is 126 Å². The Kier molecular flexibility index (Phi) is 5.96. The average molecular weight is 310 g/mol. The molecule has 0 aromatic heterocycles. The van der Waals surface area contributed by atoms with Gasteiger partial charge in [0.25, 0.3) is 0 Å². The largest absolute Gasteiger partial charge is 0.351 e. The van der Waals surface area contributed by atoms with Crippen LogP contribution in [0.15, 0.2) is 30.9 Å². The smallest absolute Gasteiger partial charge is 0.241 e. The normalized spacial score (nSPS) is 11.0. The third-order valence-corrected chi connectivity index (χ3v) is 4.20. The van der Waals surface area contributed by atoms with E-state index in [1.807, 2.05) is 32.0 Å². The Morgan fingerprint density at radius 2 is 2.10 bits per heavy atom. The highest BCUT2D eigenvalue weighted by molar-refractivity contribution is 7.92. The van der Waals surface area contributed by atoms with Gasteiger partial charge >= 0.3 is 0 Å². The fraction of sp³-hybridized carbons (Fsp3) is 0.400. The monoisotopic (exact) mass is 310 g/mol. The number of benzene rings is 1. The summed E-state index contributed by atoms with van der Waals surface area (Å²) < 4.78 is 25.3. The minimum absolute atomic E-state index is 0.232. The third-order valence-electron chi connectivity index (χ3n) is 3.08. The van der Waals surface area contributed by atoms with Crippen molar-refractivity contribution in [2.45, 2.75) is 20.3 Å². The van der Waals surface area contributed by atoms with Crippen molar-refractivity contribution in [3.05, 3.63) is 42.0 Å². The molecule has 0 heterocycles. The molecule has 0 atom stereocenters. The summed E-state index contributed by atoms with van der Waals surface area (Å²) in [7, 11) is -3.55. The van der Waals surface area contributed by atoms with Gasteiger partial charge in [0.05, 0.1) is 11.9 Å². The van der Waals surface area contributed by atoms with E-state index < -0.39 is 10.0 Å². The van der Waals surface area contributed by atoms with Gasteiger partial charge in [0, 0.05) is 6.54 Å². The van der Waals surface area contributed by atoms with Gasteiger partial charge < -0.3 is 5.32 Å². The van der Waals surface area contributed by atoms with Gasteiger partial charge in [-0.1, -0.05) is 31.2 Å². The van der Waals surface area contributed by atoms with Crippen molar-refractivity contribution in [2.75, 3.05) is 23.7 Å². The number of carbonyl (C=O) groups excluding carboxylic acids is 1. The van der Waals surface area contributed by atoms with E-state index in [1.54, 1.807) is 6.08 Å². The molecular formula is C15H22N2O3S. The molecular weight excluding hydrogens is 288 g/mol. The molecule has 0 unspecified atom stereocenters. The van der Waals surface area contributed by atoms with Gasteiger partial charge in [0.15, 0.2) is 0 Å². The summed E-state index contributed by atoms with van der Waals surface area (Å²) in [6.07, 6.45) is 3.35. The maximum atomic E-state index is 12.1. The van der Waals surface area contributed by atoms with Crippen LogP contribution >= 0.6 is 0 Å². The van der Waals surface area contributed by atoms with Crippen molar-refractivity contribution in [1.82, 2.24) is 5.32 Å². The lowest BCUT2D eigenvalue weighted by Crippen LogP contribution is -2.41. The van der Waals surface area contributed by atoms with Crippen molar-refractivity contribution in [3.8, 4) is 0 Å². The van der Waals surface area contributed by atoms with E-state index in [1.165, 1.54) is 4.31 Å². The minimum atomic E-state index is -3.55. The van der Waals surface area contributed by atoms with Crippen LogP contribution in [0.25, 0.3) is 0 Å². The molecule has 0 spiro atoms. The molecule has 0 aliphatic rings. The first-order valence-corrected chi connectivity index (χ1v) is 8.59. The highest BCUT2D eigenvalue weighted by Gasteiger charge is 2.24. The summed E-state index contributed by atoms with van der Waals surface area (Å²) in [5.74, 6) is -0.356. The molecule has 0 fully saturated rings. The molecule has 0 bridgehead atoms. The fourth-order valence-corrected chi connectivity index (χ4v) is 3.04. The van der Waals surface area contributed by atoms with Gasteiger partial charge in [-0.25, -0.2) is 8.42 Å². The fourth-order valence-electron chi connectivity index (χ4n) is 2.10. The predicted molar refractivity (Wildman–Crippen MR) is 86.0 cm³/mol. The number of amides is 1. The maximum absolute atomic E-state index is 12.1. The van der Waals surface area contributed by atoms with E-state index in [0.717, 1.165) is 17.4 Å². The molecule has 0 aliphatic carbocycles. The Balaban J connectivity index is 3.22. The van der Waals surface area contributed by atoms with E-state index in [2.05, 4.69) is 11.9 Å². The number of sulfonamides is 1. The SMILES string of the molecule is C=CCNC(=O)CN(c1c(C)cccc1CC)S(C)(=O)=O. The summed E-state index contributed by atoms with van der Waals surface area (Å²) in [6, 6.07) is 5.60. The van der Waals surface area contributed by atoms with Gasteiger partial charge in [0.1, 0.15) is 6.54 Å². The van der Waals surface area contributed by atoms with Crippen LogP contribution in [-0.2, 0) is 21.2 Å². The number of carbonyl (C=O) groups is 1. The van der Waals surface area contributed by atoms with Gasteiger partial charge in [-0.15, -0.1) is 6.58 Å². The molecule has 0 aliphatic heterocycles. The minimum Gasteiger partial charge on any atom is -0.351 e. The first kappa shape index (κ1) is 17.2. The summed E-state index contributed by atoms with van der Waals surface area (Å²) in [5, 5.41) is 2.60. The number of rotatable bonds is 7. The molecule has 1 aromatic carbocycles. The quantitative estimate of drug-likeness (QED) is 0.778. The number of nitrogens with zero attached hydrogens (tertiary/aromatic N) is 1. The highest BCUT2D eigenvalue weighted by atomic mass is 32.2. The van der Waals surface area contributed by atoms with E-state index in [4.69, 9.17) is 0 Å². The number of hydrogen-bond donors (Lipinski definition) is 1. The molecule has 5 nitrogen and oxygen atoms in total. The molecule has 1 aromatic rings. The zero-order valence-corrected chi connectivity index (χ0v) is 13.5. The van der Waals surface area contributed by atoms with Crippen molar-refractivity contribution >= 4 is 21.6 Å². The van der Waals surface area contributed by atoms with Gasteiger partial charge in [0.2, 0.25) is 15.9 Å². The third kappa shape index (κ3) is 4.60. The van der Waals surface area contributed by atoms with Crippen molar-refractivity contribution < 1.29 is 13.2 Å². The molecule has 116 valence electrons. The molecule has 0 saturated heterocycles. The average Bonchev–Trinajstić information content (AvgIpc) is 2.41. The second kappa shape index (κ2) is 7.26. The Morgan fingerprint density at radius 3 is 2.62 bits per heavy atom. The van der Waals surface area contributed by atoms with E-state index >= 15 is 0 Å². The Hall–Kier alpha value is -1.82. The summed E-state index contributed by atoms with van der Waals surface area (Å²) in [4.78, 5) is 11.9. The van der Waals surface area contributed by atoms with Crippen LogP contribution in [0.2, 0.25) is 0 Å². The zero-order chi connectivity index (χ0) is 16.0. The lowest BCUT2D eigenvalue weighted by Gasteiger charge is -2.26. The van der Waals surface area contributed by atoms with Crippen LogP contribution in [0.3, 0.4) is 0 Å². The zero-order valence-electron chi connectivity index (χ0n) is 12.7. The number of anilines is 1. The predicted octanol–water partition coefficient (Wildman–Crippen LogP) is 1.63. The molecule has 6 heteroatoms. The van der Waals surface area contributed by atoms with Crippen LogP contribution in [0.1, 0.15) is 18.1 Å². The molecule has 1 N–H and O–H groups in total. The first-order valence-electron chi connectivity index (χ1n) is 6.75. The number of aryl methyl sites for hydroxylation is 2. The Bertz CT molecular complexity index is 624. The van der Waals surface area contributed by atoms with Crippen molar-refractivity contribution in [3.63, 3.8) is 0 Å². The van der Waals surface area contributed by atoms with E-state index in [9.17, 15) is 13.2 Å². The summed E-state index contributed by atoms with van der Waals surface area (Å²) >= 11 is 0. The van der Waals surface area contributed by atoms with Crippen LogP contribution in [0.4, 0.5) is 5.69 Å². The molecule has 21 heavy (non-hydrogen) atoms. The van der Waals surface area contributed by atoms with Crippen molar-refractivity contribution in [2.24, 2.45) is 0 Å². The maximum Gasteiger partial charge on any atom is 0.241 e. The molecule has 1 rings (SSSR count). The Morgan fingerprint density at radius 1 is 1.43 bits per heavy atom. The number of para-hydroxylation sites is 1. The second-order valence-electron chi connectivity index (χ2n) is 4.80. The topological polar surface area (TPSA) is 66.5 Å².